The fourth-order valence-corrected chi connectivity index (χ4v) is 1.54. The van der Waals surface area contributed by atoms with Crippen LogP contribution in [-0.4, -0.2) is 43.9 Å². The van der Waals surface area contributed by atoms with Gasteiger partial charge in [0.05, 0.1) is 0 Å². The number of carboxylic acids is 2. The van der Waals surface area contributed by atoms with E-state index >= 15 is 0 Å². The lowest BCUT2D eigenvalue weighted by atomic mass is 10.1. The summed E-state index contributed by atoms with van der Waals surface area (Å²) in [6.07, 6.45) is 1.53. The standard InChI is InChI=1S/C11H15N3O5/c1-14-8(5-6-12-14)10(17)13-7(11(18)19)3-2-4-9(15)16/h5-7H,2-4H2,1H3,(H,13,17)(H,15,16)(H,18,19)/t7-/m1/s1. The van der Waals surface area contributed by atoms with E-state index in [0.29, 0.717) is 0 Å². The van der Waals surface area contributed by atoms with Gasteiger partial charge in [-0.05, 0) is 18.9 Å². The predicted molar refractivity (Wildman–Crippen MR) is 63.6 cm³/mol. The molecule has 1 rings (SSSR count). The molecule has 19 heavy (non-hydrogen) atoms. The van der Waals surface area contributed by atoms with E-state index in [4.69, 9.17) is 10.2 Å². The third kappa shape index (κ3) is 4.41. The molecule has 0 saturated carbocycles. The Morgan fingerprint density at radius 1 is 1.42 bits per heavy atom. The van der Waals surface area contributed by atoms with Gasteiger partial charge >= 0.3 is 11.9 Å². The largest absolute Gasteiger partial charge is 0.481 e. The van der Waals surface area contributed by atoms with Crippen LogP contribution >= 0.6 is 0 Å². The van der Waals surface area contributed by atoms with Crippen LogP contribution < -0.4 is 5.32 Å². The minimum atomic E-state index is -1.19. The van der Waals surface area contributed by atoms with Crippen LogP contribution in [0.2, 0.25) is 0 Å². The molecule has 0 fully saturated rings. The van der Waals surface area contributed by atoms with Crippen molar-refractivity contribution in [2.24, 2.45) is 7.05 Å². The van der Waals surface area contributed by atoms with Crippen LogP contribution in [0.15, 0.2) is 12.3 Å². The Kier molecular flexibility index (Phi) is 5.04. The number of hydrogen-bond acceptors (Lipinski definition) is 4. The second-order valence-corrected chi connectivity index (χ2v) is 3.99. The third-order valence-corrected chi connectivity index (χ3v) is 2.54. The fraction of sp³-hybridized carbons (Fsp3) is 0.455. The number of amides is 1. The first-order valence-electron chi connectivity index (χ1n) is 5.65. The monoisotopic (exact) mass is 269 g/mol. The molecule has 8 nitrogen and oxygen atoms in total. The van der Waals surface area contributed by atoms with Gasteiger partial charge in [-0.2, -0.15) is 5.10 Å². The average molecular weight is 269 g/mol. The summed E-state index contributed by atoms with van der Waals surface area (Å²) in [5.74, 6) is -2.74. The van der Waals surface area contributed by atoms with Gasteiger partial charge in [0.2, 0.25) is 0 Å². The molecule has 0 aliphatic carbocycles. The van der Waals surface area contributed by atoms with Gasteiger partial charge < -0.3 is 15.5 Å². The Morgan fingerprint density at radius 3 is 2.58 bits per heavy atom. The van der Waals surface area contributed by atoms with Crippen molar-refractivity contribution in [1.29, 1.82) is 0 Å². The molecule has 0 aliphatic rings. The zero-order chi connectivity index (χ0) is 14.4. The van der Waals surface area contributed by atoms with Gasteiger partial charge in [0.25, 0.3) is 5.91 Å². The molecule has 0 aliphatic heterocycles. The van der Waals surface area contributed by atoms with Crippen LogP contribution in [0.3, 0.4) is 0 Å². The number of nitrogens with zero attached hydrogens (tertiary/aromatic N) is 2. The lowest BCUT2D eigenvalue weighted by Crippen LogP contribution is -2.41. The molecule has 0 bridgehead atoms. The molecule has 1 amide bonds. The maximum absolute atomic E-state index is 11.8. The molecule has 1 heterocycles. The van der Waals surface area contributed by atoms with E-state index in [1.165, 1.54) is 16.9 Å². The van der Waals surface area contributed by atoms with Gasteiger partial charge in [-0.15, -0.1) is 0 Å². The quantitative estimate of drug-likeness (QED) is 0.633. The zero-order valence-electron chi connectivity index (χ0n) is 10.4. The van der Waals surface area contributed by atoms with Crippen molar-refractivity contribution < 1.29 is 24.6 Å². The summed E-state index contributed by atoms with van der Waals surface area (Å²) >= 11 is 0. The van der Waals surface area contributed by atoms with Crippen LogP contribution in [0.4, 0.5) is 0 Å². The molecule has 0 saturated heterocycles. The number of nitrogens with one attached hydrogen (secondary N) is 1. The summed E-state index contributed by atoms with van der Waals surface area (Å²) in [5, 5.41) is 23.6. The highest BCUT2D eigenvalue weighted by atomic mass is 16.4. The van der Waals surface area contributed by atoms with Crippen molar-refractivity contribution in [3.63, 3.8) is 0 Å². The van der Waals surface area contributed by atoms with Gasteiger partial charge in [-0.25, -0.2) is 4.79 Å². The second-order valence-electron chi connectivity index (χ2n) is 3.99. The molecule has 0 unspecified atom stereocenters. The second kappa shape index (κ2) is 6.53. The fourth-order valence-electron chi connectivity index (χ4n) is 1.54. The molecule has 3 N–H and O–H groups in total. The minimum Gasteiger partial charge on any atom is -0.481 e. The molecular weight excluding hydrogens is 254 g/mol. The first-order valence-corrected chi connectivity index (χ1v) is 5.65. The van der Waals surface area contributed by atoms with Gasteiger partial charge in [-0.3, -0.25) is 14.3 Å². The van der Waals surface area contributed by atoms with E-state index < -0.39 is 23.9 Å². The smallest absolute Gasteiger partial charge is 0.326 e. The molecular formula is C11H15N3O5. The van der Waals surface area contributed by atoms with Gasteiger partial charge in [0.1, 0.15) is 11.7 Å². The maximum Gasteiger partial charge on any atom is 0.326 e. The SMILES string of the molecule is Cn1nccc1C(=O)N[C@H](CCCC(=O)O)C(=O)O. The Bertz CT molecular complexity index is 482. The minimum absolute atomic E-state index is 0.0607. The summed E-state index contributed by atoms with van der Waals surface area (Å²) in [4.78, 5) is 33.1. The first kappa shape index (κ1) is 14.7. The number of carbonyl (C=O) groups excluding carboxylic acids is 1. The molecule has 1 aromatic heterocycles. The number of hydrogen-bond donors (Lipinski definition) is 3. The van der Waals surface area contributed by atoms with E-state index in [1.54, 1.807) is 7.05 Å². The number of carbonyl (C=O) groups is 3. The number of aliphatic carboxylic acids is 2. The van der Waals surface area contributed by atoms with Crippen molar-refractivity contribution in [2.75, 3.05) is 0 Å². The van der Waals surface area contributed by atoms with E-state index in [9.17, 15) is 14.4 Å². The van der Waals surface area contributed by atoms with Crippen LogP contribution in [0, 0.1) is 0 Å². The lowest BCUT2D eigenvalue weighted by molar-refractivity contribution is -0.140. The van der Waals surface area contributed by atoms with Crippen LogP contribution in [-0.2, 0) is 16.6 Å². The van der Waals surface area contributed by atoms with Crippen molar-refractivity contribution in [2.45, 2.75) is 25.3 Å². The molecule has 1 aromatic rings. The topological polar surface area (TPSA) is 122 Å². The Balaban J connectivity index is 2.59. The summed E-state index contributed by atoms with van der Waals surface area (Å²) in [6.45, 7) is 0. The Hall–Kier alpha value is -2.38. The number of rotatable bonds is 7. The van der Waals surface area contributed by atoms with Crippen LogP contribution in [0.5, 0.6) is 0 Å². The number of aromatic nitrogens is 2. The van der Waals surface area contributed by atoms with E-state index in [0.717, 1.165) is 0 Å². The molecule has 0 aromatic carbocycles. The average Bonchev–Trinajstić information content (AvgIpc) is 2.73. The lowest BCUT2D eigenvalue weighted by Gasteiger charge is -2.13. The summed E-state index contributed by atoms with van der Waals surface area (Å²) in [6, 6.07) is 0.354. The van der Waals surface area contributed by atoms with Crippen LogP contribution in [0.1, 0.15) is 29.8 Å². The molecule has 0 spiro atoms. The Morgan fingerprint density at radius 2 is 2.11 bits per heavy atom. The molecule has 1 atom stereocenters. The van der Waals surface area contributed by atoms with E-state index in [-0.39, 0.29) is 25.0 Å². The van der Waals surface area contributed by atoms with Crippen LogP contribution in [0.25, 0.3) is 0 Å². The van der Waals surface area contributed by atoms with Gasteiger partial charge in [0, 0.05) is 19.7 Å². The van der Waals surface area contributed by atoms with E-state index in [2.05, 4.69) is 10.4 Å². The highest BCUT2D eigenvalue weighted by molar-refractivity contribution is 5.95. The predicted octanol–water partition coefficient (Wildman–Crippen LogP) is -0.142. The highest BCUT2D eigenvalue weighted by Gasteiger charge is 2.21. The number of aryl methyl sites for hydroxylation is 1. The first-order chi connectivity index (χ1) is 8.91. The molecule has 104 valence electrons. The van der Waals surface area contributed by atoms with Gasteiger partial charge in [-0.1, -0.05) is 0 Å². The van der Waals surface area contributed by atoms with Gasteiger partial charge in [0.15, 0.2) is 0 Å². The Labute approximate surface area is 109 Å². The molecule has 0 radical (unpaired) electrons. The zero-order valence-corrected chi connectivity index (χ0v) is 10.4. The van der Waals surface area contributed by atoms with Crippen molar-refractivity contribution in [3.8, 4) is 0 Å². The summed E-state index contributed by atoms with van der Waals surface area (Å²) in [7, 11) is 1.56. The van der Waals surface area contributed by atoms with E-state index in [1.807, 2.05) is 0 Å². The maximum atomic E-state index is 11.8. The third-order valence-electron chi connectivity index (χ3n) is 2.54. The van der Waals surface area contributed by atoms with Crippen molar-refractivity contribution in [1.82, 2.24) is 15.1 Å². The number of carboxylic acid groups (broad SMARTS) is 2. The normalized spacial score (nSPS) is 11.8. The highest BCUT2D eigenvalue weighted by Crippen LogP contribution is 2.04. The summed E-state index contributed by atoms with van der Waals surface area (Å²) in [5.41, 5.74) is 0.240. The molecule has 8 heteroatoms. The summed E-state index contributed by atoms with van der Waals surface area (Å²) < 4.78 is 1.32. The van der Waals surface area contributed by atoms with Crippen molar-refractivity contribution >= 4 is 17.8 Å². The van der Waals surface area contributed by atoms with Crippen molar-refractivity contribution in [3.05, 3.63) is 18.0 Å².